The van der Waals surface area contributed by atoms with Crippen LogP contribution in [0.4, 0.5) is 5.69 Å². The number of hydrogen-bond acceptors (Lipinski definition) is 2. The predicted octanol–water partition coefficient (Wildman–Crippen LogP) is 4.34. The van der Waals surface area contributed by atoms with Gasteiger partial charge in [0.15, 0.2) is 0 Å². The van der Waals surface area contributed by atoms with E-state index in [0.29, 0.717) is 10.7 Å². The van der Waals surface area contributed by atoms with Crippen LogP contribution in [0.3, 0.4) is 0 Å². The van der Waals surface area contributed by atoms with E-state index in [9.17, 15) is 10.1 Å². The summed E-state index contributed by atoms with van der Waals surface area (Å²) in [6.45, 7) is 4.40. The highest BCUT2D eigenvalue weighted by Crippen LogP contribution is 2.22. The van der Waals surface area contributed by atoms with Crippen LogP contribution >= 0.6 is 15.9 Å². The first-order chi connectivity index (χ1) is 8.04. The smallest absolute Gasteiger partial charge is 0.258 e. The SMILES string of the molecule is CCC(Br)C(C)CCc1ccc([N+](=O)[O-])cc1. The minimum atomic E-state index is -0.363. The molecule has 1 aromatic carbocycles. The third-order valence-corrected chi connectivity index (χ3v) is 4.59. The Morgan fingerprint density at radius 1 is 1.35 bits per heavy atom. The van der Waals surface area contributed by atoms with E-state index in [1.54, 1.807) is 12.1 Å². The van der Waals surface area contributed by atoms with E-state index in [4.69, 9.17) is 0 Å². The van der Waals surface area contributed by atoms with Crippen molar-refractivity contribution < 1.29 is 4.92 Å². The molecule has 2 atom stereocenters. The Balaban J connectivity index is 2.50. The van der Waals surface area contributed by atoms with E-state index >= 15 is 0 Å². The molecule has 17 heavy (non-hydrogen) atoms. The van der Waals surface area contributed by atoms with Gasteiger partial charge in [0, 0.05) is 17.0 Å². The monoisotopic (exact) mass is 299 g/mol. The van der Waals surface area contributed by atoms with Gasteiger partial charge in [0.05, 0.1) is 4.92 Å². The lowest BCUT2D eigenvalue weighted by Crippen LogP contribution is -2.10. The third-order valence-electron chi connectivity index (χ3n) is 3.04. The largest absolute Gasteiger partial charge is 0.269 e. The highest BCUT2D eigenvalue weighted by Gasteiger charge is 2.12. The first-order valence-electron chi connectivity index (χ1n) is 5.92. The van der Waals surface area contributed by atoms with Gasteiger partial charge < -0.3 is 0 Å². The van der Waals surface area contributed by atoms with Crippen molar-refractivity contribution in [3.63, 3.8) is 0 Å². The quantitative estimate of drug-likeness (QED) is 0.445. The number of benzene rings is 1. The van der Waals surface area contributed by atoms with Crippen LogP contribution in [-0.4, -0.2) is 9.75 Å². The number of nitro benzene ring substituents is 1. The number of nitrogens with zero attached hydrogens (tertiary/aromatic N) is 1. The molecular formula is C13H18BrNO2. The lowest BCUT2D eigenvalue weighted by Gasteiger charge is -2.16. The van der Waals surface area contributed by atoms with Gasteiger partial charge in [0.2, 0.25) is 0 Å². The molecule has 0 heterocycles. The van der Waals surface area contributed by atoms with Crippen LogP contribution in [0.2, 0.25) is 0 Å². The number of rotatable bonds is 6. The number of hydrogen-bond donors (Lipinski definition) is 0. The molecule has 1 rings (SSSR count). The maximum absolute atomic E-state index is 10.5. The average molecular weight is 300 g/mol. The third kappa shape index (κ3) is 4.46. The van der Waals surface area contributed by atoms with Crippen LogP contribution in [0, 0.1) is 16.0 Å². The molecule has 94 valence electrons. The van der Waals surface area contributed by atoms with Crippen LogP contribution < -0.4 is 0 Å². The van der Waals surface area contributed by atoms with Gasteiger partial charge in [-0.15, -0.1) is 0 Å². The topological polar surface area (TPSA) is 43.1 Å². The second-order valence-corrected chi connectivity index (χ2v) is 5.54. The summed E-state index contributed by atoms with van der Waals surface area (Å²) in [6.07, 6.45) is 3.20. The summed E-state index contributed by atoms with van der Waals surface area (Å²) in [4.78, 5) is 10.7. The number of halogens is 1. The summed E-state index contributed by atoms with van der Waals surface area (Å²) in [6, 6.07) is 6.84. The Morgan fingerprint density at radius 3 is 2.41 bits per heavy atom. The fourth-order valence-electron chi connectivity index (χ4n) is 1.76. The Hall–Kier alpha value is -0.900. The van der Waals surface area contributed by atoms with Gasteiger partial charge >= 0.3 is 0 Å². The van der Waals surface area contributed by atoms with E-state index in [1.165, 1.54) is 5.56 Å². The zero-order valence-electron chi connectivity index (χ0n) is 10.2. The van der Waals surface area contributed by atoms with Gasteiger partial charge in [0.25, 0.3) is 5.69 Å². The van der Waals surface area contributed by atoms with Crippen LogP contribution in [0.25, 0.3) is 0 Å². The van der Waals surface area contributed by atoms with E-state index in [2.05, 4.69) is 29.8 Å². The molecule has 1 aromatic rings. The first kappa shape index (κ1) is 14.2. The zero-order valence-corrected chi connectivity index (χ0v) is 11.8. The summed E-state index contributed by atoms with van der Waals surface area (Å²) in [5.41, 5.74) is 1.33. The molecule has 2 unspecified atom stereocenters. The maximum atomic E-state index is 10.5. The molecular weight excluding hydrogens is 282 g/mol. The zero-order chi connectivity index (χ0) is 12.8. The standard InChI is InChI=1S/C13H18BrNO2/c1-3-13(14)10(2)4-5-11-6-8-12(9-7-11)15(16)17/h6-10,13H,3-5H2,1-2H3. The molecule has 0 aliphatic rings. The van der Waals surface area contributed by atoms with Gasteiger partial charge in [-0.05, 0) is 30.7 Å². The van der Waals surface area contributed by atoms with Crippen LogP contribution in [-0.2, 0) is 6.42 Å². The molecule has 0 radical (unpaired) electrons. The average Bonchev–Trinajstić information content (AvgIpc) is 2.35. The maximum Gasteiger partial charge on any atom is 0.269 e. The minimum Gasteiger partial charge on any atom is -0.258 e. The Morgan fingerprint density at radius 2 is 1.94 bits per heavy atom. The molecule has 3 nitrogen and oxygen atoms in total. The van der Waals surface area contributed by atoms with E-state index in [-0.39, 0.29) is 10.6 Å². The molecule has 4 heteroatoms. The predicted molar refractivity (Wildman–Crippen MR) is 73.6 cm³/mol. The highest BCUT2D eigenvalue weighted by molar-refractivity contribution is 9.09. The van der Waals surface area contributed by atoms with Crippen molar-refractivity contribution in [2.45, 2.75) is 37.9 Å². The van der Waals surface area contributed by atoms with Crippen molar-refractivity contribution in [3.8, 4) is 0 Å². The number of nitro groups is 1. The Kier molecular flexibility index (Phi) is 5.62. The second-order valence-electron chi connectivity index (χ2n) is 4.36. The molecule has 0 fully saturated rings. The molecule has 0 N–H and O–H groups in total. The van der Waals surface area contributed by atoms with Crippen molar-refractivity contribution in [2.75, 3.05) is 0 Å². The first-order valence-corrected chi connectivity index (χ1v) is 6.83. The van der Waals surface area contributed by atoms with E-state index < -0.39 is 0 Å². The van der Waals surface area contributed by atoms with E-state index in [1.807, 2.05) is 12.1 Å². The van der Waals surface area contributed by atoms with Crippen molar-refractivity contribution >= 4 is 21.6 Å². The summed E-state index contributed by atoms with van der Waals surface area (Å²) < 4.78 is 0. The van der Waals surface area contributed by atoms with Crippen LogP contribution in [0.5, 0.6) is 0 Å². The van der Waals surface area contributed by atoms with Crippen LogP contribution in [0.15, 0.2) is 24.3 Å². The molecule has 0 amide bonds. The summed E-state index contributed by atoms with van der Waals surface area (Å²) >= 11 is 3.66. The lowest BCUT2D eigenvalue weighted by molar-refractivity contribution is -0.384. The fraction of sp³-hybridized carbons (Fsp3) is 0.538. The van der Waals surface area contributed by atoms with Crippen LogP contribution in [0.1, 0.15) is 32.3 Å². The number of alkyl halides is 1. The molecule has 0 spiro atoms. The molecule has 0 bridgehead atoms. The normalized spacial score (nSPS) is 14.3. The van der Waals surface area contributed by atoms with E-state index in [0.717, 1.165) is 19.3 Å². The van der Waals surface area contributed by atoms with Crippen molar-refractivity contribution in [3.05, 3.63) is 39.9 Å². The van der Waals surface area contributed by atoms with Gasteiger partial charge in [-0.2, -0.15) is 0 Å². The molecule has 0 aliphatic heterocycles. The van der Waals surface area contributed by atoms with Crippen molar-refractivity contribution in [1.29, 1.82) is 0 Å². The second kappa shape index (κ2) is 6.74. The van der Waals surface area contributed by atoms with Gasteiger partial charge in [-0.1, -0.05) is 41.9 Å². The molecule has 0 aliphatic carbocycles. The molecule has 0 aromatic heterocycles. The Bertz CT molecular complexity index is 364. The fourth-order valence-corrected chi connectivity index (χ4v) is 2.03. The highest BCUT2D eigenvalue weighted by atomic mass is 79.9. The van der Waals surface area contributed by atoms with Gasteiger partial charge in [0.1, 0.15) is 0 Å². The summed E-state index contributed by atoms with van der Waals surface area (Å²) in [7, 11) is 0. The van der Waals surface area contributed by atoms with Crippen molar-refractivity contribution in [1.82, 2.24) is 0 Å². The lowest BCUT2D eigenvalue weighted by atomic mass is 9.97. The van der Waals surface area contributed by atoms with Crippen molar-refractivity contribution in [2.24, 2.45) is 5.92 Å². The summed E-state index contributed by atoms with van der Waals surface area (Å²) in [5.74, 6) is 0.621. The number of aryl methyl sites for hydroxylation is 1. The molecule has 0 saturated carbocycles. The van der Waals surface area contributed by atoms with Gasteiger partial charge in [-0.3, -0.25) is 10.1 Å². The number of non-ortho nitro benzene ring substituents is 1. The molecule has 0 saturated heterocycles. The Labute approximate surface area is 111 Å². The minimum absolute atomic E-state index is 0.161. The summed E-state index contributed by atoms with van der Waals surface area (Å²) in [5, 5.41) is 10.5. The van der Waals surface area contributed by atoms with Gasteiger partial charge in [-0.25, -0.2) is 0 Å².